The van der Waals surface area contributed by atoms with Crippen molar-refractivity contribution in [3.63, 3.8) is 0 Å². The number of nitrogens with zero attached hydrogens (tertiary/aromatic N) is 1. The van der Waals surface area contributed by atoms with Crippen LogP contribution in [0.2, 0.25) is 0 Å². The van der Waals surface area contributed by atoms with Gasteiger partial charge in [0.05, 0.1) is 0 Å². The van der Waals surface area contributed by atoms with Crippen molar-refractivity contribution in [3.05, 3.63) is 48.0 Å². The van der Waals surface area contributed by atoms with Gasteiger partial charge in [-0.2, -0.15) is 0 Å². The Labute approximate surface area is 105 Å². The zero-order valence-corrected chi connectivity index (χ0v) is 11.1. The molecule has 0 bridgehead atoms. The molecule has 1 aromatic rings. The van der Waals surface area contributed by atoms with E-state index in [1.165, 1.54) is 19.3 Å². The van der Waals surface area contributed by atoms with Crippen LogP contribution in [-0.4, -0.2) is 25.5 Å². The predicted octanol–water partition coefficient (Wildman–Crippen LogP) is 3.30. The van der Waals surface area contributed by atoms with E-state index in [0.29, 0.717) is 5.41 Å². The molecule has 0 N–H and O–H groups in total. The molecule has 1 aliphatic carbocycles. The van der Waals surface area contributed by atoms with Crippen molar-refractivity contribution in [2.24, 2.45) is 5.41 Å². The Kier molecular flexibility index (Phi) is 3.68. The number of fused-ring (bicyclic) bond motifs is 1. The largest absolute Gasteiger partial charge is 0.309 e. The Balaban J connectivity index is 2.23. The first-order chi connectivity index (χ1) is 8.15. The lowest BCUT2D eigenvalue weighted by Gasteiger charge is -2.39. The molecule has 1 nitrogen and oxygen atoms in total. The van der Waals surface area contributed by atoms with Crippen molar-refractivity contribution in [1.29, 1.82) is 0 Å². The third-order valence-corrected chi connectivity index (χ3v) is 3.84. The van der Waals surface area contributed by atoms with E-state index in [2.05, 4.69) is 55.9 Å². The van der Waals surface area contributed by atoms with Gasteiger partial charge in [-0.25, -0.2) is 0 Å². The Morgan fingerprint density at radius 2 is 2.00 bits per heavy atom. The summed E-state index contributed by atoms with van der Waals surface area (Å²) in [6, 6.07) is 8.90. The molecule has 0 aliphatic heterocycles. The summed E-state index contributed by atoms with van der Waals surface area (Å²) < 4.78 is 0. The summed E-state index contributed by atoms with van der Waals surface area (Å²) in [4.78, 5) is 2.32. The smallest absolute Gasteiger partial charge is 0.00382 e. The van der Waals surface area contributed by atoms with Gasteiger partial charge in [-0.15, -0.1) is 6.58 Å². The van der Waals surface area contributed by atoms with Gasteiger partial charge >= 0.3 is 0 Å². The van der Waals surface area contributed by atoms with E-state index in [4.69, 9.17) is 0 Å². The lowest BCUT2D eigenvalue weighted by Crippen LogP contribution is -2.38. The lowest BCUT2D eigenvalue weighted by atomic mass is 9.69. The topological polar surface area (TPSA) is 3.24 Å². The number of hydrogen-bond acceptors (Lipinski definition) is 1. The number of hydrogen-bond donors (Lipinski definition) is 0. The van der Waals surface area contributed by atoms with Crippen LogP contribution in [-0.2, 0) is 12.8 Å². The standard InChI is InChI=1S/C16H23N/c1-4-10-16(13-17(2)3)11-9-14-7-5-6-8-15(14)12-16/h4-8H,1,9-13H2,2-3H3. The second-order valence-electron chi connectivity index (χ2n) is 5.68. The van der Waals surface area contributed by atoms with Gasteiger partial charge in [-0.1, -0.05) is 30.3 Å². The summed E-state index contributed by atoms with van der Waals surface area (Å²) >= 11 is 0. The SMILES string of the molecule is C=CCC1(CN(C)C)CCc2ccccc2C1. The van der Waals surface area contributed by atoms with Crippen LogP contribution in [0.5, 0.6) is 0 Å². The van der Waals surface area contributed by atoms with Crippen LogP contribution in [0.3, 0.4) is 0 Å². The quantitative estimate of drug-likeness (QED) is 0.716. The van der Waals surface area contributed by atoms with Crippen molar-refractivity contribution < 1.29 is 0 Å². The molecule has 92 valence electrons. The average Bonchev–Trinajstić information content (AvgIpc) is 2.28. The molecule has 0 saturated heterocycles. The Hall–Kier alpha value is -1.08. The lowest BCUT2D eigenvalue weighted by molar-refractivity contribution is 0.172. The monoisotopic (exact) mass is 229 g/mol. The summed E-state index contributed by atoms with van der Waals surface area (Å²) in [6.07, 6.45) is 6.93. The molecule has 1 unspecified atom stereocenters. The highest BCUT2D eigenvalue weighted by molar-refractivity contribution is 5.31. The highest BCUT2D eigenvalue weighted by atomic mass is 15.1. The van der Waals surface area contributed by atoms with Gasteiger partial charge in [0.2, 0.25) is 0 Å². The fourth-order valence-corrected chi connectivity index (χ4v) is 3.22. The molecule has 17 heavy (non-hydrogen) atoms. The molecular weight excluding hydrogens is 206 g/mol. The summed E-state index contributed by atoms with van der Waals surface area (Å²) in [5.41, 5.74) is 3.49. The van der Waals surface area contributed by atoms with E-state index in [0.717, 1.165) is 13.0 Å². The first kappa shape index (κ1) is 12.4. The third-order valence-electron chi connectivity index (χ3n) is 3.84. The molecule has 0 spiro atoms. The van der Waals surface area contributed by atoms with Gasteiger partial charge in [0, 0.05) is 6.54 Å². The Morgan fingerprint density at radius 3 is 2.65 bits per heavy atom. The van der Waals surface area contributed by atoms with Crippen LogP contribution >= 0.6 is 0 Å². The molecule has 0 fully saturated rings. The maximum absolute atomic E-state index is 3.94. The number of allylic oxidation sites excluding steroid dienone is 1. The van der Waals surface area contributed by atoms with Gasteiger partial charge in [-0.3, -0.25) is 0 Å². The van der Waals surface area contributed by atoms with E-state index in [-0.39, 0.29) is 0 Å². The molecule has 0 amide bonds. The molecule has 0 heterocycles. The summed E-state index contributed by atoms with van der Waals surface area (Å²) in [5, 5.41) is 0. The molecular formula is C16H23N. The fourth-order valence-electron chi connectivity index (χ4n) is 3.22. The van der Waals surface area contributed by atoms with E-state index in [1.54, 1.807) is 11.1 Å². The van der Waals surface area contributed by atoms with Crippen LogP contribution in [0.1, 0.15) is 24.0 Å². The molecule has 1 aromatic carbocycles. The highest BCUT2D eigenvalue weighted by Crippen LogP contribution is 2.39. The van der Waals surface area contributed by atoms with E-state index >= 15 is 0 Å². The zero-order chi connectivity index (χ0) is 12.3. The van der Waals surface area contributed by atoms with Gasteiger partial charge in [0.1, 0.15) is 0 Å². The van der Waals surface area contributed by atoms with Crippen molar-refractivity contribution in [2.45, 2.75) is 25.7 Å². The minimum Gasteiger partial charge on any atom is -0.309 e. The molecule has 1 heteroatoms. The van der Waals surface area contributed by atoms with Crippen LogP contribution in [0.4, 0.5) is 0 Å². The number of rotatable bonds is 4. The molecule has 0 aromatic heterocycles. The van der Waals surface area contributed by atoms with Gasteiger partial charge < -0.3 is 4.90 Å². The molecule has 2 rings (SSSR count). The third kappa shape index (κ3) is 2.78. The molecule has 0 saturated carbocycles. The zero-order valence-electron chi connectivity index (χ0n) is 11.1. The maximum atomic E-state index is 3.94. The van der Waals surface area contributed by atoms with E-state index in [1.807, 2.05) is 0 Å². The first-order valence-corrected chi connectivity index (χ1v) is 6.48. The van der Waals surface area contributed by atoms with Gasteiger partial charge in [0.25, 0.3) is 0 Å². The van der Waals surface area contributed by atoms with E-state index in [9.17, 15) is 0 Å². The van der Waals surface area contributed by atoms with E-state index < -0.39 is 0 Å². The van der Waals surface area contributed by atoms with Crippen LogP contribution in [0.15, 0.2) is 36.9 Å². The van der Waals surface area contributed by atoms with Crippen molar-refractivity contribution in [1.82, 2.24) is 4.90 Å². The Morgan fingerprint density at radius 1 is 1.29 bits per heavy atom. The van der Waals surface area contributed by atoms with Crippen LogP contribution < -0.4 is 0 Å². The molecule has 0 radical (unpaired) electrons. The van der Waals surface area contributed by atoms with Crippen molar-refractivity contribution >= 4 is 0 Å². The second-order valence-corrected chi connectivity index (χ2v) is 5.68. The second kappa shape index (κ2) is 5.05. The van der Waals surface area contributed by atoms with Crippen LogP contribution in [0, 0.1) is 5.41 Å². The minimum absolute atomic E-state index is 0.402. The maximum Gasteiger partial charge on any atom is 0.00382 e. The van der Waals surface area contributed by atoms with Crippen LogP contribution in [0.25, 0.3) is 0 Å². The number of aryl methyl sites for hydroxylation is 1. The summed E-state index contributed by atoms with van der Waals surface area (Å²) in [7, 11) is 4.34. The minimum atomic E-state index is 0.402. The Bertz CT molecular complexity index is 394. The van der Waals surface area contributed by atoms with Crippen molar-refractivity contribution in [2.75, 3.05) is 20.6 Å². The predicted molar refractivity (Wildman–Crippen MR) is 74.3 cm³/mol. The summed E-state index contributed by atoms with van der Waals surface area (Å²) in [5.74, 6) is 0. The molecule has 1 atom stereocenters. The highest BCUT2D eigenvalue weighted by Gasteiger charge is 2.33. The first-order valence-electron chi connectivity index (χ1n) is 6.48. The number of benzene rings is 1. The average molecular weight is 229 g/mol. The summed E-state index contributed by atoms with van der Waals surface area (Å²) in [6.45, 7) is 5.10. The fraction of sp³-hybridized carbons (Fsp3) is 0.500. The van der Waals surface area contributed by atoms with Gasteiger partial charge in [0.15, 0.2) is 0 Å². The normalized spacial score (nSPS) is 23.5. The molecule has 1 aliphatic rings. The van der Waals surface area contributed by atoms with Gasteiger partial charge in [-0.05, 0) is 56.3 Å². The van der Waals surface area contributed by atoms with Crippen molar-refractivity contribution in [3.8, 4) is 0 Å².